The fourth-order valence-corrected chi connectivity index (χ4v) is 8.19. The number of ketones is 3. The van der Waals surface area contributed by atoms with Crippen LogP contribution in [0.5, 0.6) is 0 Å². The monoisotopic (exact) mass is 754 g/mol. The van der Waals surface area contributed by atoms with Gasteiger partial charge in [0, 0.05) is 52.4 Å². The first-order chi connectivity index (χ1) is 25.5. The molecule has 2 atom stereocenters. The summed E-state index contributed by atoms with van der Waals surface area (Å²) in [4.78, 5) is 68.5. The maximum absolute atomic E-state index is 13.4. The molecule has 276 valence electrons. The van der Waals surface area contributed by atoms with Crippen molar-refractivity contribution in [1.29, 1.82) is 0 Å². The lowest BCUT2D eigenvalue weighted by molar-refractivity contribution is -0.134. The topological polar surface area (TPSA) is 152 Å². The van der Waals surface area contributed by atoms with E-state index in [2.05, 4.69) is 39.2 Å². The Morgan fingerprint density at radius 3 is 2.45 bits per heavy atom. The van der Waals surface area contributed by atoms with Gasteiger partial charge >= 0.3 is 0 Å². The Morgan fingerprint density at radius 2 is 1.70 bits per heavy atom. The molecule has 13 heteroatoms. The second kappa shape index (κ2) is 16.9. The molecule has 0 bridgehead atoms. The Kier molecular flexibility index (Phi) is 12.1. The molecule has 1 aliphatic carbocycles. The van der Waals surface area contributed by atoms with Crippen LogP contribution in [0.2, 0.25) is 5.02 Å². The fourth-order valence-electron chi connectivity index (χ4n) is 6.85. The maximum Gasteiger partial charge on any atom is 0.225 e. The van der Waals surface area contributed by atoms with Crippen molar-refractivity contribution in [3.63, 3.8) is 0 Å². The smallest absolute Gasteiger partial charge is 0.225 e. The van der Waals surface area contributed by atoms with Crippen LogP contribution < -0.4 is 10.6 Å². The highest BCUT2D eigenvalue weighted by Gasteiger charge is 2.32. The number of rotatable bonds is 14. The standard InChI is InChI=1S/C40H43ClN6O5S/c1-23-24(2)53-40-37(23)38(27-13-15-28(41)16-14-27)44-33(39-46-45-25(3)47(39)40)21-30(48)11-6-4-5-7-12-35(51)42-29-10-8-9-26(19-29)20-36(52)43-32-18-17-31(49)22-34(32)50/h8-10,13-16,19,32-33H,4-7,11-12,17-18,20-22H2,1-3H3,(H,42,51)(H,43,52)/t32?,33-/m0/s1. The van der Waals surface area contributed by atoms with Crippen molar-refractivity contribution in [2.24, 2.45) is 4.99 Å². The molecular formula is C40H43ClN6O5S. The second-order valence-electron chi connectivity index (χ2n) is 13.8. The summed E-state index contributed by atoms with van der Waals surface area (Å²) in [7, 11) is 0. The molecule has 1 saturated carbocycles. The molecule has 4 aromatic rings. The van der Waals surface area contributed by atoms with Gasteiger partial charge in [0.25, 0.3) is 0 Å². The van der Waals surface area contributed by atoms with Crippen LogP contribution in [0, 0.1) is 20.8 Å². The number of aryl methyl sites for hydroxylation is 2. The number of anilines is 1. The van der Waals surface area contributed by atoms with E-state index in [9.17, 15) is 24.0 Å². The summed E-state index contributed by atoms with van der Waals surface area (Å²) >= 11 is 7.90. The van der Waals surface area contributed by atoms with E-state index in [1.54, 1.807) is 35.6 Å². The maximum atomic E-state index is 13.4. The molecule has 2 aromatic heterocycles. The largest absolute Gasteiger partial charge is 0.346 e. The third-order valence-corrected chi connectivity index (χ3v) is 11.2. The van der Waals surface area contributed by atoms with E-state index < -0.39 is 12.1 Å². The Morgan fingerprint density at radius 1 is 0.943 bits per heavy atom. The normalized spacial score (nSPS) is 16.7. The van der Waals surface area contributed by atoms with E-state index in [0.717, 1.165) is 46.1 Å². The molecule has 0 spiro atoms. The lowest BCUT2D eigenvalue weighted by atomic mass is 9.93. The van der Waals surface area contributed by atoms with Crippen molar-refractivity contribution in [3.05, 3.63) is 92.3 Å². The van der Waals surface area contributed by atoms with Crippen LogP contribution >= 0.6 is 22.9 Å². The number of Topliss-reactive ketones (excluding diaryl/α,β-unsaturated/α-hetero) is 3. The molecule has 1 unspecified atom stereocenters. The summed E-state index contributed by atoms with van der Waals surface area (Å²) in [6, 6.07) is 13.6. The molecule has 0 saturated heterocycles. The number of benzene rings is 2. The van der Waals surface area contributed by atoms with Gasteiger partial charge in [-0.25, -0.2) is 0 Å². The van der Waals surface area contributed by atoms with Gasteiger partial charge in [0.05, 0.1) is 24.6 Å². The minimum atomic E-state index is -0.623. The Balaban J connectivity index is 0.973. The number of fused-ring (bicyclic) bond motifs is 3. The van der Waals surface area contributed by atoms with Gasteiger partial charge in [-0.2, -0.15) is 0 Å². The summed E-state index contributed by atoms with van der Waals surface area (Å²) in [5, 5.41) is 16.2. The number of carbonyl (C=O) groups is 5. The molecule has 0 radical (unpaired) electrons. The van der Waals surface area contributed by atoms with Crippen molar-refractivity contribution in [3.8, 4) is 5.00 Å². The van der Waals surface area contributed by atoms with Gasteiger partial charge in [-0.3, -0.25) is 33.5 Å². The van der Waals surface area contributed by atoms with Gasteiger partial charge in [0.2, 0.25) is 11.8 Å². The van der Waals surface area contributed by atoms with Gasteiger partial charge < -0.3 is 10.6 Å². The number of nitrogens with one attached hydrogen (secondary N) is 2. The predicted molar refractivity (Wildman–Crippen MR) is 205 cm³/mol. The molecule has 2 amide bonds. The van der Waals surface area contributed by atoms with E-state index in [1.807, 2.05) is 31.2 Å². The molecule has 2 aliphatic rings. The van der Waals surface area contributed by atoms with Crippen molar-refractivity contribution in [2.45, 2.75) is 103 Å². The molecule has 2 N–H and O–H groups in total. The lowest BCUT2D eigenvalue weighted by Gasteiger charge is -2.21. The third kappa shape index (κ3) is 9.23. The highest BCUT2D eigenvalue weighted by molar-refractivity contribution is 7.15. The van der Waals surface area contributed by atoms with Crippen molar-refractivity contribution in [2.75, 3.05) is 5.32 Å². The first-order valence-electron chi connectivity index (χ1n) is 18.1. The highest BCUT2D eigenvalue weighted by atomic mass is 35.5. The zero-order valence-corrected chi connectivity index (χ0v) is 31.7. The van der Waals surface area contributed by atoms with Crippen LogP contribution in [0.25, 0.3) is 5.00 Å². The van der Waals surface area contributed by atoms with Crippen LogP contribution in [0.4, 0.5) is 5.69 Å². The number of carbonyl (C=O) groups excluding carboxylic acids is 5. The summed E-state index contributed by atoms with van der Waals surface area (Å²) in [5.41, 5.74) is 5.22. The second-order valence-corrected chi connectivity index (χ2v) is 15.5. The quantitative estimate of drug-likeness (QED) is 0.103. The molecule has 2 aromatic carbocycles. The summed E-state index contributed by atoms with van der Waals surface area (Å²) in [6.45, 7) is 6.12. The van der Waals surface area contributed by atoms with E-state index in [1.165, 1.54) is 4.88 Å². The van der Waals surface area contributed by atoms with E-state index >= 15 is 0 Å². The number of nitrogens with zero attached hydrogens (tertiary/aromatic N) is 4. The Bertz CT molecular complexity index is 2080. The van der Waals surface area contributed by atoms with Gasteiger partial charge in [-0.1, -0.05) is 48.7 Å². The van der Waals surface area contributed by atoms with Crippen molar-refractivity contribution < 1.29 is 24.0 Å². The van der Waals surface area contributed by atoms with Gasteiger partial charge in [-0.05, 0) is 75.4 Å². The predicted octanol–water partition coefficient (Wildman–Crippen LogP) is 7.09. The first-order valence-corrected chi connectivity index (χ1v) is 19.3. The van der Waals surface area contributed by atoms with Gasteiger partial charge in [0.1, 0.15) is 28.4 Å². The van der Waals surface area contributed by atoms with Crippen LogP contribution in [-0.4, -0.2) is 55.7 Å². The average Bonchev–Trinajstić information content (AvgIpc) is 3.59. The van der Waals surface area contributed by atoms with E-state index in [4.69, 9.17) is 16.6 Å². The van der Waals surface area contributed by atoms with Crippen LogP contribution in [-0.2, 0) is 30.4 Å². The minimum Gasteiger partial charge on any atom is -0.346 e. The molecule has 1 fully saturated rings. The van der Waals surface area contributed by atoms with Crippen LogP contribution in [0.3, 0.4) is 0 Å². The number of hydrogen-bond donors (Lipinski definition) is 2. The highest BCUT2D eigenvalue weighted by Crippen LogP contribution is 2.39. The molecule has 6 rings (SSSR count). The molecule has 11 nitrogen and oxygen atoms in total. The lowest BCUT2D eigenvalue weighted by Crippen LogP contribution is -2.44. The molecule has 3 heterocycles. The average molecular weight is 755 g/mol. The minimum absolute atomic E-state index is 0.0608. The number of unbranched alkanes of at least 4 members (excludes halogenated alkanes) is 3. The molecular weight excluding hydrogens is 712 g/mol. The summed E-state index contributed by atoms with van der Waals surface area (Å²) in [6.07, 6.45) is 4.54. The number of aliphatic imine (C=N–C) groups is 1. The summed E-state index contributed by atoms with van der Waals surface area (Å²) < 4.78 is 2.05. The number of hydrogen-bond acceptors (Lipinski definition) is 9. The Hall–Kier alpha value is -4.81. The number of amides is 2. The van der Waals surface area contributed by atoms with Crippen molar-refractivity contribution in [1.82, 2.24) is 20.1 Å². The Labute approximate surface area is 317 Å². The SMILES string of the molecule is Cc1sc2c(c1C)C(c1ccc(Cl)cc1)=N[C@@H](CC(=O)CCCCCCC(=O)Nc1cccc(CC(=O)NC3CCC(=O)CC3=O)c1)c1nnc(C)n1-2. The van der Waals surface area contributed by atoms with Crippen molar-refractivity contribution >= 4 is 63.5 Å². The molecule has 53 heavy (non-hydrogen) atoms. The van der Waals surface area contributed by atoms with Crippen LogP contribution in [0.15, 0.2) is 53.5 Å². The van der Waals surface area contributed by atoms with Crippen LogP contribution in [0.1, 0.15) is 109 Å². The van der Waals surface area contributed by atoms with Gasteiger partial charge in [0.15, 0.2) is 11.6 Å². The number of halogens is 1. The third-order valence-electron chi connectivity index (χ3n) is 9.77. The number of aromatic nitrogens is 3. The zero-order chi connectivity index (χ0) is 37.6. The number of thiophene rings is 1. The van der Waals surface area contributed by atoms with E-state index in [0.29, 0.717) is 60.6 Å². The zero-order valence-electron chi connectivity index (χ0n) is 30.2. The first kappa shape index (κ1) is 37.9. The summed E-state index contributed by atoms with van der Waals surface area (Å²) in [5.74, 6) is 0.751. The fraction of sp³-hybridized carbons (Fsp3) is 0.400. The van der Waals surface area contributed by atoms with E-state index in [-0.39, 0.29) is 48.4 Å². The molecule has 1 aliphatic heterocycles. The van der Waals surface area contributed by atoms with Gasteiger partial charge in [-0.15, -0.1) is 21.5 Å².